The summed E-state index contributed by atoms with van der Waals surface area (Å²) in [5, 5.41) is 9.03. The molecule has 0 bridgehead atoms. The summed E-state index contributed by atoms with van der Waals surface area (Å²) < 4.78 is 25.5. The summed E-state index contributed by atoms with van der Waals surface area (Å²) in [6, 6.07) is 8.51. The molecule has 0 unspecified atom stereocenters. The molecule has 1 saturated carbocycles. The molecular weight excluding hydrogens is 338 g/mol. The van der Waals surface area contributed by atoms with Crippen molar-refractivity contribution in [1.29, 1.82) is 5.26 Å². The molecule has 2 rings (SSSR count). The summed E-state index contributed by atoms with van der Waals surface area (Å²) in [7, 11) is -3.63. The van der Waals surface area contributed by atoms with E-state index in [1.807, 2.05) is 13.0 Å². The standard InChI is InChI=1S/C18H25N3O3S/c1-3-20(16-9-5-4-6-10-16)18(22)14-21(25(2,23)24)17-11-7-8-15(12-17)13-19/h7-8,11-12,16H,3-6,9-10,14H2,1-2H3. The normalized spacial score (nSPS) is 15.4. The lowest BCUT2D eigenvalue weighted by atomic mass is 9.94. The number of rotatable bonds is 6. The topological polar surface area (TPSA) is 81.5 Å². The molecule has 0 heterocycles. The average molecular weight is 363 g/mol. The first kappa shape index (κ1) is 19.3. The molecule has 0 atom stereocenters. The molecule has 25 heavy (non-hydrogen) atoms. The van der Waals surface area contributed by atoms with Gasteiger partial charge in [0.25, 0.3) is 0 Å². The van der Waals surface area contributed by atoms with E-state index in [2.05, 4.69) is 0 Å². The molecule has 1 aromatic carbocycles. The Morgan fingerprint density at radius 2 is 1.96 bits per heavy atom. The lowest BCUT2D eigenvalue weighted by Crippen LogP contribution is -2.47. The number of sulfonamides is 1. The first-order chi connectivity index (χ1) is 11.9. The maximum absolute atomic E-state index is 12.8. The van der Waals surface area contributed by atoms with Gasteiger partial charge in [0.1, 0.15) is 6.54 Å². The van der Waals surface area contributed by atoms with Gasteiger partial charge in [-0.2, -0.15) is 5.26 Å². The molecule has 7 heteroatoms. The second-order valence-electron chi connectivity index (χ2n) is 6.40. The SMILES string of the molecule is CCN(C(=O)CN(c1cccc(C#N)c1)S(C)(=O)=O)C1CCCCC1. The first-order valence-corrected chi connectivity index (χ1v) is 10.5. The summed E-state index contributed by atoms with van der Waals surface area (Å²) in [5.74, 6) is -0.192. The van der Waals surface area contributed by atoms with Gasteiger partial charge in [0, 0.05) is 12.6 Å². The number of hydrogen-bond donors (Lipinski definition) is 0. The molecule has 1 aliphatic rings. The van der Waals surface area contributed by atoms with Crippen LogP contribution < -0.4 is 4.31 Å². The van der Waals surface area contributed by atoms with E-state index in [0.29, 0.717) is 17.8 Å². The van der Waals surface area contributed by atoms with Crippen LogP contribution in [0.1, 0.15) is 44.6 Å². The van der Waals surface area contributed by atoms with Crippen molar-refractivity contribution >= 4 is 21.6 Å². The summed E-state index contributed by atoms with van der Waals surface area (Å²) in [5.41, 5.74) is 0.702. The van der Waals surface area contributed by atoms with Gasteiger partial charge in [-0.15, -0.1) is 0 Å². The molecule has 0 N–H and O–H groups in total. The molecular formula is C18H25N3O3S. The predicted octanol–water partition coefficient (Wildman–Crippen LogP) is 2.51. The van der Waals surface area contributed by atoms with Crippen LogP contribution in [0.25, 0.3) is 0 Å². The Kier molecular flexibility index (Phi) is 6.43. The number of hydrogen-bond acceptors (Lipinski definition) is 4. The minimum absolute atomic E-state index is 0.192. The van der Waals surface area contributed by atoms with Crippen molar-refractivity contribution in [3.8, 4) is 6.07 Å². The van der Waals surface area contributed by atoms with Gasteiger partial charge in [-0.1, -0.05) is 25.3 Å². The van der Waals surface area contributed by atoms with Crippen LogP contribution in [0.5, 0.6) is 0 Å². The Hall–Kier alpha value is -2.07. The second-order valence-corrected chi connectivity index (χ2v) is 8.31. The number of likely N-dealkylation sites (N-methyl/N-ethyl adjacent to an activating group) is 1. The zero-order chi connectivity index (χ0) is 18.4. The van der Waals surface area contributed by atoms with E-state index in [1.165, 1.54) is 12.5 Å². The van der Waals surface area contributed by atoms with Gasteiger partial charge in [-0.05, 0) is 38.0 Å². The fourth-order valence-corrected chi connectivity index (χ4v) is 4.22. The lowest BCUT2D eigenvalue weighted by molar-refractivity contribution is -0.132. The lowest BCUT2D eigenvalue weighted by Gasteiger charge is -2.35. The van der Waals surface area contributed by atoms with Crippen molar-refractivity contribution in [3.63, 3.8) is 0 Å². The Labute approximate surface area is 150 Å². The molecule has 0 saturated heterocycles. The largest absolute Gasteiger partial charge is 0.338 e. The van der Waals surface area contributed by atoms with Crippen LogP contribution in [0.2, 0.25) is 0 Å². The van der Waals surface area contributed by atoms with Gasteiger partial charge in [-0.25, -0.2) is 8.42 Å². The van der Waals surface area contributed by atoms with Gasteiger partial charge in [0.15, 0.2) is 0 Å². The van der Waals surface area contributed by atoms with Gasteiger partial charge >= 0.3 is 0 Å². The van der Waals surface area contributed by atoms with Crippen LogP contribution >= 0.6 is 0 Å². The van der Waals surface area contributed by atoms with Crippen LogP contribution in [-0.2, 0) is 14.8 Å². The Morgan fingerprint density at radius 3 is 2.52 bits per heavy atom. The van der Waals surface area contributed by atoms with E-state index in [9.17, 15) is 13.2 Å². The highest BCUT2D eigenvalue weighted by Crippen LogP contribution is 2.24. The number of carbonyl (C=O) groups is 1. The maximum atomic E-state index is 12.8. The minimum Gasteiger partial charge on any atom is -0.338 e. The molecule has 0 radical (unpaired) electrons. The number of nitrogens with zero attached hydrogens (tertiary/aromatic N) is 3. The second kappa shape index (κ2) is 8.34. The van der Waals surface area contributed by atoms with Crippen LogP contribution in [-0.4, -0.2) is 44.6 Å². The highest BCUT2D eigenvalue weighted by molar-refractivity contribution is 7.92. The summed E-state index contributed by atoms with van der Waals surface area (Å²) >= 11 is 0. The third-order valence-corrected chi connectivity index (χ3v) is 5.76. The third-order valence-electron chi connectivity index (χ3n) is 4.62. The Bertz CT molecular complexity index is 749. The van der Waals surface area contributed by atoms with E-state index in [0.717, 1.165) is 36.2 Å². The summed E-state index contributed by atoms with van der Waals surface area (Å²) in [6.07, 6.45) is 6.43. The molecule has 0 aliphatic heterocycles. The molecule has 136 valence electrons. The zero-order valence-corrected chi connectivity index (χ0v) is 15.6. The fourth-order valence-electron chi connectivity index (χ4n) is 3.38. The smallest absolute Gasteiger partial charge is 0.243 e. The third kappa shape index (κ3) is 4.95. The van der Waals surface area contributed by atoms with E-state index in [-0.39, 0.29) is 18.5 Å². The number of benzene rings is 1. The molecule has 1 aliphatic carbocycles. The Morgan fingerprint density at radius 1 is 1.28 bits per heavy atom. The highest BCUT2D eigenvalue weighted by atomic mass is 32.2. The minimum atomic E-state index is -3.63. The van der Waals surface area contributed by atoms with Crippen molar-refractivity contribution < 1.29 is 13.2 Å². The molecule has 0 aromatic heterocycles. The number of carbonyl (C=O) groups excluding carboxylic acids is 1. The zero-order valence-electron chi connectivity index (χ0n) is 14.8. The van der Waals surface area contributed by atoms with Crippen LogP contribution in [0, 0.1) is 11.3 Å². The molecule has 0 spiro atoms. The number of nitriles is 1. The number of amides is 1. The van der Waals surface area contributed by atoms with Crippen molar-refractivity contribution in [1.82, 2.24) is 4.90 Å². The highest BCUT2D eigenvalue weighted by Gasteiger charge is 2.28. The average Bonchev–Trinajstić information content (AvgIpc) is 2.60. The van der Waals surface area contributed by atoms with Crippen LogP contribution in [0.3, 0.4) is 0 Å². The molecule has 1 aromatic rings. The fraction of sp³-hybridized carbons (Fsp3) is 0.556. The van der Waals surface area contributed by atoms with Crippen molar-refractivity contribution in [2.45, 2.75) is 45.1 Å². The van der Waals surface area contributed by atoms with Gasteiger partial charge in [0.2, 0.25) is 15.9 Å². The molecule has 1 fully saturated rings. The van der Waals surface area contributed by atoms with Crippen LogP contribution in [0.4, 0.5) is 5.69 Å². The van der Waals surface area contributed by atoms with E-state index < -0.39 is 10.0 Å². The van der Waals surface area contributed by atoms with Gasteiger partial charge in [0.05, 0.1) is 23.6 Å². The van der Waals surface area contributed by atoms with Crippen molar-refractivity contribution in [3.05, 3.63) is 29.8 Å². The monoisotopic (exact) mass is 363 g/mol. The van der Waals surface area contributed by atoms with E-state index in [1.54, 1.807) is 23.1 Å². The summed E-state index contributed by atoms with van der Waals surface area (Å²) in [6.45, 7) is 2.25. The maximum Gasteiger partial charge on any atom is 0.243 e. The van der Waals surface area contributed by atoms with Crippen molar-refractivity contribution in [2.24, 2.45) is 0 Å². The molecule has 1 amide bonds. The number of anilines is 1. The quantitative estimate of drug-likeness (QED) is 0.777. The van der Waals surface area contributed by atoms with Crippen LogP contribution in [0.15, 0.2) is 24.3 Å². The predicted molar refractivity (Wildman–Crippen MR) is 97.6 cm³/mol. The summed E-state index contributed by atoms with van der Waals surface area (Å²) in [4.78, 5) is 14.6. The molecule has 6 nitrogen and oxygen atoms in total. The Balaban J connectivity index is 2.24. The van der Waals surface area contributed by atoms with Gasteiger partial charge < -0.3 is 4.90 Å². The van der Waals surface area contributed by atoms with E-state index in [4.69, 9.17) is 5.26 Å². The van der Waals surface area contributed by atoms with E-state index >= 15 is 0 Å². The first-order valence-electron chi connectivity index (χ1n) is 8.64. The van der Waals surface area contributed by atoms with Crippen molar-refractivity contribution in [2.75, 3.05) is 23.7 Å². The van der Waals surface area contributed by atoms with Gasteiger partial charge in [-0.3, -0.25) is 9.10 Å².